The predicted molar refractivity (Wildman–Crippen MR) is 69.3 cm³/mol. The smallest absolute Gasteiger partial charge is 0.0848 e. The van der Waals surface area contributed by atoms with Crippen molar-refractivity contribution < 1.29 is 0 Å². The van der Waals surface area contributed by atoms with E-state index in [0.29, 0.717) is 4.99 Å². The van der Waals surface area contributed by atoms with Crippen LogP contribution in [-0.4, -0.2) is 9.97 Å². The van der Waals surface area contributed by atoms with Gasteiger partial charge in [0.2, 0.25) is 0 Å². The van der Waals surface area contributed by atoms with Crippen molar-refractivity contribution >= 4 is 17.2 Å². The highest BCUT2D eigenvalue weighted by Gasteiger charge is 2.16. The second-order valence-electron chi connectivity index (χ2n) is 3.53. The van der Waals surface area contributed by atoms with Crippen LogP contribution in [0.1, 0.15) is 17.0 Å². The Kier molecular flexibility index (Phi) is 3.27. The fraction of sp³-hybridized carbons (Fsp3) is 0.0769. The fourth-order valence-corrected chi connectivity index (χ4v) is 1.99. The maximum atomic E-state index is 5.80. The van der Waals surface area contributed by atoms with Crippen molar-refractivity contribution in [1.29, 1.82) is 0 Å². The van der Waals surface area contributed by atoms with Gasteiger partial charge in [0, 0.05) is 12.4 Å². The molecule has 1 heterocycles. The zero-order valence-electron chi connectivity index (χ0n) is 8.71. The van der Waals surface area contributed by atoms with E-state index in [9.17, 15) is 0 Å². The number of pyridine rings is 1. The van der Waals surface area contributed by atoms with Crippen LogP contribution in [0.3, 0.4) is 0 Å². The summed E-state index contributed by atoms with van der Waals surface area (Å²) in [7, 11) is 0. The summed E-state index contributed by atoms with van der Waals surface area (Å²) in [5.41, 5.74) is 7.93. The van der Waals surface area contributed by atoms with Gasteiger partial charge in [0.25, 0.3) is 0 Å². The van der Waals surface area contributed by atoms with Crippen molar-refractivity contribution in [2.45, 2.75) is 5.92 Å². The summed E-state index contributed by atoms with van der Waals surface area (Å²) in [4.78, 5) is 4.57. The number of thiocarbonyl (C=S) groups is 1. The minimum absolute atomic E-state index is 0.0510. The molecule has 0 radical (unpaired) electrons. The average Bonchev–Trinajstić information content (AvgIpc) is 2.31. The summed E-state index contributed by atoms with van der Waals surface area (Å²) in [6, 6.07) is 13.9. The van der Waals surface area contributed by atoms with E-state index >= 15 is 0 Å². The highest BCUT2D eigenvalue weighted by molar-refractivity contribution is 7.80. The Balaban J connectivity index is 2.44. The molecule has 0 fully saturated rings. The summed E-state index contributed by atoms with van der Waals surface area (Å²) in [6.45, 7) is 0. The van der Waals surface area contributed by atoms with Crippen LogP contribution in [-0.2, 0) is 0 Å². The highest BCUT2D eigenvalue weighted by Crippen LogP contribution is 2.23. The van der Waals surface area contributed by atoms with E-state index in [-0.39, 0.29) is 5.92 Å². The van der Waals surface area contributed by atoms with Crippen molar-refractivity contribution in [2.24, 2.45) is 5.73 Å². The molecular weight excluding hydrogens is 216 g/mol. The second-order valence-corrected chi connectivity index (χ2v) is 4.00. The van der Waals surface area contributed by atoms with Crippen molar-refractivity contribution in [2.75, 3.05) is 0 Å². The van der Waals surface area contributed by atoms with Gasteiger partial charge in [0.05, 0.1) is 10.9 Å². The van der Waals surface area contributed by atoms with Crippen LogP contribution in [0.4, 0.5) is 0 Å². The lowest BCUT2D eigenvalue weighted by molar-refractivity contribution is 1.06. The number of aromatic nitrogens is 1. The van der Waals surface area contributed by atoms with E-state index in [0.717, 1.165) is 11.1 Å². The molecule has 80 valence electrons. The SMILES string of the molecule is NC(=S)C(c1ccccc1)c1cccnc1. The molecule has 1 atom stereocenters. The summed E-state index contributed by atoms with van der Waals surface area (Å²) in [5, 5.41) is 0. The molecule has 0 saturated heterocycles. The molecule has 0 aliphatic carbocycles. The quantitative estimate of drug-likeness (QED) is 0.820. The van der Waals surface area contributed by atoms with Gasteiger partial charge in [-0.05, 0) is 17.2 Å². The maximum Gasteiger partial charge on any atom is 0.0848 e. The Labute approximate surface area is 100 Å². The number of rotatable bonds is 3. The first kappa shape index (κ1) is 10.8. The lowest BCUT2D eigenvalue weighted by Crippen LogP contribution is -2.20. The Bertz CT molecular complexity index is 428. The van der Waals surface area contributed by atoms with Crippen LogP contribution in [0, 0.1) is 0 Å². The predicted octanol–water partition coefficient (Wildman–Crippen LogP) is 2.50. The zero-order chi connectivity index (χ0) is 11.4. The molecule has 1 unspecified atom stereocenters. The third-order valence-corrected chi connectivity index (χ3v) is 2.67. The Morgan fingerprint density at radius 2 is 1.75 bits per heavy atom. The van der Waals surface area contributed by atoms with Gasteiger partial charge in [-0.3, -0.25) is 4.98 Å². The average molecular weight is 228 g/mol. The van der Waals surface area contributed by atoms with Gasteiger partial charge in [0.15, 0.2) is 0 Å². The minimum Gasteiger partial charge on any atom is -0.393 e. The number of hydrogen-bond acceptors (Lipinski definition) is 2. The van der Waals surface area contributed by atoms with Gasteiger partial charge < -0.3 is 5.73 Å². The fourth-order valence-electron chi connectivity index (χ4n) is 1.71. The van der Waals surface area contributed by atoms with Crippen molar-refractivity contribution in [3.8, 4) is 0 Å². The van der Waals surface area contributed by atoms with Gasteiger partial charge in [0.1, 0.15) is 0 Å². The van der Waals surface area contributed by atoms with Crippen molar-refractivity contribution in [1.82, 2.24) is 4.98 Å². The van der Waals surface area contributed by atoms with E-state index in [1.165, 1.54) is 0 Å². The molecule has 16 heavy (non-hydrogen) atoms. The summed E-state index contributed by atoms with van der Waals surface area (Å²) in [6.07, 6.45) is 3.54. The standard InChI is InChI=1S/C13H12N2S/c14-13(16)12(10-5-2-1-3-6-10)11-7-4-8-15-9-11/h1-9,12H,(H2,14,16). The number of benzene rings is 1. The van der Waals surface area contributed by atoms with Gasteiger partial charge >= 0.3 is 0 Å². The first-order valence-electron chi connectivity index (χ1n) is 5.03. The molecule has 0 amide bonds. The molecule has 3 heteroatoms. The Morgan fingerprint density at radius 1 is 1.06 bits per heavy atom. The molecule has 2 aromatic rings. The Morgan fingerprint density at radius 3 is 2.31 bits per heavy atom. The molecule has 1 aromatic heterocycles. The molecule has 1 aromatic carbocycles. The van der Waals surface area contributed by atoms with Crippen LogP contribution in [0.2, 0.25) is 0 Å². The number of nitrogens with two attached hydrogens (primary N) is 1. The van der Waals surface area contributed by atoms with E-state index in [1.807, 2.05) is 42.5 Å². The Hall–Kier alpha value is -1.74. The monoisotopic (exact) mass is 228 g/mol. The summed E-state index contributed by atoms with van der Waals surface area (Å²) < 4.78 is 0. The molecule has 2 N–H and O–H groups in total. The van der Waals surface area contributed by atoms with Crippen LogP contribution < -0.4 is 5.73 Å². The lowest BCUT2D eigenvalue weighted by Gasteiger charge is -2.15. The zero-order valence-corrected chi connectivity index (χ0v) is 9.52. The second kappa shape index (κ2) is 4.86. The number of nitrogens with zero attached hydrogens (tertiary/aromatic N) is 1. The largest absolute Gasteiger partial charge is 0.393 e. The van der Waals surface area contributed by atoms with E-state index in [2.05, 4.69) is 4.98 Å². The number of hydrogen-bond donors (Lipinski definition) is 1. The maximum absolute atomic E-state index is 5.80. The van der Waals surface area contributed by atoms with Gasteiger partial charge in [-0.25, -0.2) is 0 Å². The third-order valence-electron chi connectivity index (χ3n) is 2.44. The molecule has 0 spiro atoms. The summed E-state index contributed by atoms with van der Waals surface area (Å²) in [5.74, 6) is -0.0510. The molecule has 2 rings (SSSR count). The molecule has 0 bridgehead atoms. The lowest BCUT2D eigenvalue weighted by atomic mass is 9.92. The molecule has 0 saturated carbocycles. The van der Waals surface area contributed by atoms with Gasteiger partial charge in [-0.15, -0.1) is 0 Å². The topological polar surface area (TPSA) is 38.9 Å². The third kappa shape index (κ3) is 2.25. The van der Waals surface area contributed by atoms with Crippen LogP contribution in [0.15, 0.2) is 54.9 Å². The molecule has 2 nitrogen and oxygen atoms in total. The van der Waals surface area contributed by atoms with Gasteiger partial charge in [-0.2, -0.15) is 0 Å². The molecule has 0 aliphatic rings. The van der Waals surface area contributed by atoms with Crippen LogP contribution in [0.25, 0.3) is 0 Å². The van der Waals surface area contributed by atoms with E-state index in [1.54, 1.807) is 12.4 Å². The van der Waals surface area contributed by atoms with Crippen LogP contribution >= 0.6 is 12.2 Å². The first-order chi connectivity index (χ1) is 7.79. The molecular formula is C13H12N2S. The van der Waals surface area contributed by atoms with E-state index in [4.69, 9.17) is 18.0 Å². The normalized spacial score (nSPS) is 12.0. The van der Waals surface area contributed by atoms with Crippen LogP contribution in [0.5, 0.6) is 0 Å². The highest BCUT2D eigenvalue weighted by atomic mass is 32.1. The first-order valence-corrected chi connectivity index (χ1v) is 5.44. The van der Waals surface area contributed by atoms with Gasteiger partial charge in [-0.1, -0.05) is 48.6 Å². The van der Waals surface area contributed by atoms with E-state index < -0.39 is 0 Å². The van der Waals surface area contributed by atoms with Crippen molar-refractivity contribution in [3.05, 3.63) is 66.0 Å². The summed E-state index contributed by atoms with van der Waals surface area (Å²) >= 11 is 5.13. The minimum atomic E-state index is -0.0510. The molecule has 0 aliphatic heterocycles. The van der Waals surface area contributed by atoms with Crippen molar-refractivity contribution in [3.63, 3.8) is 0 Å².